The number of hydrogen-bond donors (Lipinski definition) is 1. The van der Waals surface area contributed by atoms with Crippen molar-refractivity contribution in [1.82, 2.24) is 10.2 Å². The van der Waals surface area contributed by atoms with Crippen LogP contribution < -0.4 is 5.32 Å². The number of nitrogens with zero attached hydrogens (tertiary/aromatic N) is 1. The van der Waals surface area contributed by atoms with Gasteiger partial charge in [0.1, 0.15) is 6.10 Å². The summed E-state index contributed by atoms with van der Waals surface area (Å²) >= 11 is 0. The highest BCUT2D eigenvalue weighted by atomic mass is 16.6. The highest BCUT2D eigenvalue weighted by Gasteiger charge is 2.42. The van der Waals surface area contributed by atoms with Crippen LogP contribution >= 0.6 is 0 Å². The topological polar surface area (TPSA) is 41.6 Å². The van der Waals surface area contributed by atoms with Gasteiger partial charge in [0.05, 0.1) is 6.04 Å². The van der Waals surface area contributed by atoms with Crippen molar-refractivity contribution in [3.05, 3.63) is 58.7 Å². The molecule has 3 aliphatic heterocycles. The number of amides is 1. The van der Waals surface area contributed by atoms with Crippen molar-refractivity contribution in [1.29, 1.82) is 0 Å². The van der Waals surface area contributed by atoms with E-state index in [9.17, 15) is 4.79 Å². The molecule has 1 unspecified atom stereocenters. The Balaban J connectivity index is 1.35. The molecule has 2 atom stereocenters. The third kappa shape index (κ3) is 3.87. The van der Waals surface area contributed by atoms with Crippen LogP contribution in [0.3, 0.4) is 0 Å². The Kier molecular flexibility index (Phi) is 5.09. The van der Waals surface area contributed by atoms with Crippen LogP contribution in [-0.2, 0) is 11.2 Å². The first-order chi connectivity index (χ1) is 14.8. The fraction of sp³-hybridized carbons (Fsp3) is 0.519. The minimum atomic E-state index is -0.261. The molecular formula is C27H34N2O2. The van der Waals surface area contributed by atoms with Gasteiger partial charge in [-0.25, -0.2) is 4.79 Å². The highest BCUT2D eigenvalue weighted by molar-refractivity contribution is 5.71. The number of hydrogen-bond acceptors (Lipinski definition) is 3. The van der Waals surface area contributed by atoms with Crippen molar-refractivity contribution < 1.29 is 9.53 Å². The molecule has 3 saturated heterocycles. The minimum absolute atomic E-state index is 0.0243. The number of alkyl carbamates (subject to hydrolysis) is 1. The van der Waals surface area contributed by atoms with Crippen LogP contribution in [0.4, 0.5) is 4.79 Å². The molecule has 0 spiro atoms. The van der Waals surface area contributed by atoms with Crippen LogP contribution in [0.2, 0.25) is 0 Å². The van der Waals surface area contributed by atoms with Gasteiger partial charge in [0.15, 0.2) is 0 Å². The van der Waals surface area contributed by atoms with E-state index in [-0.39, 0.29) is 23.7 Å². The molecule has 31 heavy (non-hydrogen) atoms. The molecule has 3 heterocycles. The Morgan fingerprint density at radius 2 is 1.87 bits per heavy atom. The maximum absolute atomic E-state index is 12.9. The molecule has 2 bridgehead atoms. The fourth-order valence-corrected chi connectivity index (χ4v) is 5.88. The average Bonchev–Trinajstić information content (AvgIpc) is 2.99. The average molecular weight is 419 g/mol. The van der Waals surface area contributed by atoms with Crippen molar-refractivity contribution in [3.63, 3.8) is 0 Å². The van der Waals surface area contributed by atoms with Gasteiger partial charge in [-0.2, -0.15) is 0 Å². The molecule has 3 fully saturated rings. The molecule has 164 valence electrons. The Morgan fingerprint density at radius 3 is 2.58 bits per heavy atom. The molecule has 1 N–H and O–H groups in total. The van der Waals surface area contributed by atoms with Gasteiger partial charge >= 0.3 is 6.09 Å². The second kappa shape index (κ2) is 7.67. The third-order valence-electron chi connectivity index (χ3n) is 7.70. The molecular weight excluding hydrogens is 384 g/mol. The quantitative estimate of drug-likeness (QED) is 0.724. The maximum atomic E-state index is 12.9. The number of fused-ring (bicyclic) bond motifs is 4. The van der Waals surface area contributed by atoms with Crippen molar-refractivity contribution in [2.45, 2.75) is 59.1 Å². The summed E-state index contributed by atoms with van der Waals surface area (Å²) in [6.07, 6.45) is 3.03. The van der Waals surface area contributed by atoms with Crippen molar-refractivity contribution in [3.8, 4) is 11.1 Å². The monoisotopic (exact) mass is 418 g/mol. The number of nitrogens with one attached hydrogen (secondary N) is 1. The molecule has 4 aliphatic rings. The summed E-state index contributed by atoms with van der Waals surface area (Å²) in [6, 6.07) is 13.3. The van der Waals surface area contributed by atoms with Crippen LogP contribution in [0.25, 0.3) is 11.1 Å². The van der Waals surface area contributed by atoms with Gasteiger partial charge in [-0.1, -0.05) is 55.8 Å². The van der Waals surface area contributed by atoms with Crippen LogP contribution in [-0.4, -0.2) is 36.7 Å². The summed E-state index contributed by atoms with van der Waals surface area (Å²) < 4.78 is 5.93. The Labute approximate surface area is 186 Å². The molecule has 1 amide bonds. The van der Waals surface area contributed by atoms with E-state index in [1.807, 2.05) is 0 Å². The zero-order valence-corrected chi connectivity index (χ0v) is 19.2. The van der Waals surface area contributed by atoms with Crippen molar-refractivity contribution in [2.75, 3.05) is 19.6 Å². The van der Waals surface area contributed by atoms with E-state index in [0.717, 1.165) is 38.9 Å². The number of piperidine rings is 3. The fourth-order valence-electron chi connectivity index (χ4n) is 5.88. The Morgan fingerprint density at radius 1 is 1.10 bits per heavy atom. The number of carbonyl (C=O) groups is 1. The van der Waals surface area contributed by atoms with E-state index in [1.54, 1.807) is 0 Å². The summed E-state index contributed by atoms with van der Waals surface area (Å²) in [5.41, 5.74) is 7.62. The minimum Gasteiger partial charge on any atom is -0.445 e. The molecule has 2 aromatic carbocycles. The molecule has 1 aliphatic carbocycles. The normalized spacial score (nSPS) is 28.3. The second-order valence-electron chi connectivity index (χ2n) is 10.6. The van der Waals surface area contributed by atoms with Crippen LogP contribution in [0.15, 0.2) is 36.4 Å². The van der Waals surface area contributed by atoms with Gasteiger partial charge in [0.25, 0.3) is 0 Å². The lowest BCUT2D eigenvalue weighted by molar-refractivity contribution is -0.0348. The van der Waals surface area contributed by atoms with Gasteiger partial charge < -0.3 is 10.1 Å². The maximum Gasteiger partial charge on any atom is 0.407 e. The molecule has 0 saturated carbocycles. The first-order valence-electron chi connectivity index (χ1n) is 11.7. The SMILES string of the molecule is Cc1ccc(C)c(-c2ccc3c(c2)CC(C)(C)C3NC(=O)O[C@@H]2CN3CCC2CC3)c1. The first-order valence-corrected chi connectivity index (χ1v) is 11.7. The third-order valence-corrected chi connectivity index (χ3v) is 7.70. The van der Waals surface area contributed by atoms with Gasteiger partial charge in [0.2, 0.25) is 0 Å². The molecule has 6 rings (SSSR count). The van der Waals surface area contributed by atoms with Gasteiger partial charge in [-0.3, -0.25) is 4.90 Å². The highest BCUT2D eigenvalue weighted by Crippen LogP contribution is 2.46. The van der Waals surface area contributed by atoms with E-state index in [1.165, 1.54) is 33.4 Å². The zero-order valence-electron chi connectivity index (χ0n) is 19.2. The number of rotatable bonds is 3. The first kappa shape index (κ1) is 20.6. The largest absolute Gasteiger partial charge is 0.445 e. The standard InChI is InChI=1S/C27H34N2O2/c1-17-5-6-18(2)23(13-17)20-7-8-22-21(14-20)15-27(3,4)25(22)28-26(30)31-24-16-29-11-9-19(24)10-12-29/h5-8,13-14,19,24-25H,9-12,15-16H2,1-4H3,(H,28,30)/t24-,25?/m1/s1. The number of ether oxygens (including phenoxy) is 1. The number of aryl methyl sites for hydroxylation is 2. The smallest absolute Gasteiger partial charge is 0.407 e. The van der Waals surface area contributed by atoms with Gasteiger partial charge in [-0.15, -0.1) is 0 Å². The van der Waals surface area contributed by atoms with Crippen LogP contribution in [0, 0.1) is 25.2 Å². The lowest BCUT2D eigenvalue weighted by Crippen LogP contribution is -2.53. The lowest BCUT2D eigenvalue weighted by atomic mass is 9.85. The van der Waals surface area contributed by atoms with Crippen molar-refractivity contribution >= 4 is 6.09 Å². The predicted octanol–water partition coefficient (Wildman–Crippen LogP) is 5.41. The summed E-state index contributed by atoms with van der Waals surface area (Å²) in [5, 5.41) is 3.23. The number of carbonyl (C=O) groups excluding carboxylic acids is 1. The molecule has 4 nitrogen and oxygen atoms in total. The van der Waals surface area contributed by atoms with Gasteiger partial charge in [0, 0.05) is 6.54 Å². The molecule has 0 aromatic heterocycles. The van der Waals surface area contributed by atoms with E-state index in [0.29, 0.717) is 5.92 Å². The zero-order chi connectivity index (χ0) is 21.8. The van der Waals surface area contributed by atoms with Crippen molar-refractivity contribution in [2.24, 2.45) is 11.3 Å². The molecule has 2 aromatic rings. The lowest BCUT2D eigenvalue weighted by Gasteiger charge is -2.44. The van der Waals surface area contributed by atoms with Crippen LogP contribution in [0.5, 0.6) is 0 Å². The van der Waals surface area contributed by atoms with Gasteiger partial charge in [-0.05, 0) is 85.3 Å². The number of benzene rings is 2. The predicted molar refractivity (Wildman–Crippen MR) is 124 cm³/mol. The molecule has 4 heteroatoms. The summed E-state index contributed by atoms with van der Waals surface area (Å²) in [4.78, 5) is 15.3. The van der Waals surface area contributed by atoms with E-state index < -0.39 is 0 Å². The van der Waals surface area contributed by atoms with Crippen LogP contribution in [0.1, 0.15) is 55.0 Å². The second-order valence-corrected chi connectivity index (χ2v) is 10.6. The summed E-state index contributed by atoms with van der Waals surface area (Å²) in [5.74, 6) is 0.528. The molecule has 0 radical (unpaired) electrons. The van der Waals surface area contributed by atoms with E-state index in [4.69, 9.17) is 4.74 Å². The summed E-state index contributed by atoms with van der Waals surface area (Å²) in [7, 11) is 0. The van der Waals surface area contributed by atoms with E-state index in [2.05, 4.69) is 74.3 Å². The Bertz CT molecular complexity index is 1000. The summed E-state index contributed by atoms with van der Waals surface area (Å²) in [6.45, 7) is 12.0. The van der Waals surface area contributed by atoms with E-state index >= 15 is 0 Å². The Hall–Kier alpha value is -2.33.